The number of rotatable bonds is 7. The van der Waals surface area contributed by atoms with Crippen LogP contribution in [-0.4, -0.2) is 24.5 Å². The van der Waals surface area contributed by atoms with Gasteiger partial charge in [-0.1, -0.05) is 13.3 Å². The second-order valence-electron chi connectivity index (χ2n) is 4.12. The highest BCUT2D eigenvalue weighted by Gasteiger charge is 2.22. The fourth-order valence-corrected chi connectivity index (χ4v) is 1.93. The van der Waals surface area contributed by atoms with E-state index in [1.165, 1.54) is 19.4 Å². The number of carbonyl (C=O) groups is 1. The lowest BCUT2D eigenvalue weighted by Gasteiger charge is -2.10. The zero-order valence-corrected chi connectivity index (χ0v) is 10.5. The number of furan rings is 1. The Balaban J connectivity index is 2.77. The van der Waals surface area contributed by atoms with Crippen LogP contribution in [0.25, 0.3) is 0 Å². The summed E-state index contributed by atoms with van der Waals surface area (Å²) in [5, 5.41) is 10.6. The Morgan fingerprint density at radius 2 is 2.33 bits per heavy atom. The molecule has 0 fully saturated rings. The van der Waals surface area contributed by atoms with Crippen molar-refractivity contribution in [1.82, 2.24) is 0 Å². The van der Waals surface area contributed by atoms with E-state index in [9.17, 15) is 14.9 Å². The predicted molar refractivity (Wildman–Crippen MR) is 64.0 cm³/mol. The molecule has 1 aromatic heterocycles. The second kappa shape index (κ2) is 6.78. The van der Waals surface area contributed by atoms with Gasteiger partial charge in [0.15, 0.2) is 0 Å². The summed E-state index contributed by atoms with van der Waals surface area (Å²) >= 11 is 0. The van der Waals surface area contributed by atoms with E-state index in [2.05, 4.69) is 4.74 Å². The first-order valence-electron chi connectivity index (χ1n) is 5.85. The summed E-state index contributed by atoms with van der Waals surface area (Å²) in [6, 6.07) is 1.52. The molecule has 0 bridgehead atoms. The SMILES string of the molecule is CCCC(Cc1occc1C(=O)OC)C[N+](=O)[O-]. The maximum Gasteiger partial charge on any atom is 0.341 e. The first-order valence-corrected chi connectivity index (χ1v) is 5.85. The topological polar surface area (TPSA) is 82.6 Å². The molecule has 0 radical (unpaired) electrons. The van der Waals surface area contributed by atoms with E-state index >= 15 is 0 Å². The van der Waals surface area contributed by atoms with Gasteiger partial charge in [0.05, 0.1) is 13.4 Å². The van der Waals surface area contributed by atoms with Crippen LogP contribution in [0.5, 0.6) is 0 Å². The van der Waals surface area contributed by atoms with Crippen molar-refractivity contribution in [3.05, 3.63) is 33.8 Å². The molecule has 18 heavy (non-hydrogen) atoms. The molecule has 1 rings (SSSR count). The number of methoxy groups -OCH3 is 1. The highest BCUT2D eigenvalue weighted by molar-refractivity contribution is 5.90. The van der Waals surface area contributed by atoms with Crippen molar-refractivity contribution in [1.29, 1.82) is 0 Å². The Morgan fingerprint density at radius 3 is 2.89 bits per heavy atom. The van der Waals surface area contributed by atoms with Crippen LogP contribution in [-0.2, 0) is 11.2 Å². The minimum atomic E-state index is -0.477. The Labute approximate surface area is 105 Å². The first-order chi connectivity index (χ1) is 8.58. The van der Waals surface area contributed by atoms with Crippen molar-refractivity contribution in [2.75, 3.05) is 13.7 Å². The number of carbonyl (C=O) groups excluding carboxylic acids is 1. The molecule has 6 nitrogen and oxygen atoms in total. The number of nitrogens with zero attached hydrogens (tertiary/aromatic N) is 1. The van der Waals surface area contributed by atoms with Crippen molar-refractivity contribution < 1.29 is 18.9 Å². The largest absolute Gasteiger partial charge is 0.468 e. The summed E-state index contributed by atoms with van der Waals surface area (Å²) < 4.78 is 9.85. The zero-order chi connectivity index (χ0) is 13.5. The molecule has 0 amide bonds. The molecular weight excluding hydrogens is 238 g/mol. The molecule has 1 unspecified atom stereocenters. The van der Waals surface area contributed by atoms with Gasteiger partial charge in [0.2, 0.25) is 6.54 Å². The quantitative estimate of drug-likeness (QED) is 0.424. The molecule has 100 valence electrons. The molecule has 0 spiro atoms. The van der Waals surface area contributed by atoms with Crippen LogP contribution < -0.4 is 0 Å². The molecular formula is C12H17NO5. The summed E-state index contributed by atoms with van der Waals surface area (Å²) in [5.74, 6) is -0.142. The van der Waals surface area contributed by atoms with Crippen LogP contribution in [0, 0.1) is 16.0 Å². The molecule has 0 aromatic carbocycles. The Hall–Kier alpha value is -1.85. The lowest BCUT2D eigenvalue weighted by atomic mass is 9.97. The summed E-state index contributed by atoms with van der Waals surface area (Å²) in [6.45, 7) is 1.85. The van der Waals surface area contributed by atoms with Crippen LogP contribution in [0.4, 0.5) is 0 Å². The summed E-state index contributed by atoms with van der Waals surface area (Å²) in [7, 11) is 1.29. The van der Waals surface area contributed by atoms with Gasteiger partial charge >= 0.3 is 5.97 Å². The fourth-order valence-electron chi connectivity index (χ4n) is 1.93. The molecule has 0 N–H and O–H groups in total. The number of hydrogen-bond acceptors (Lipinski definition) is 5. The van der Waals surface area contributed by atoms with Crippen molar-refractivity contribution >= 4 is 5.97 Å². The van der Waals surface area contributed by atoms with E-state index < -0.39 is 5.97 Å². The van der Waals surface area contributed by atoms with Gasteiger partial charge in [-0.25, -0.2) is 4.79 Å². The molecule has 0 saturated heterocycles. The minimum Gasteiger partial charge on any atom is -0.468 e. The van der Waals surface area contributed by atoms with Crippen LogP contribution in [0.1, 0.15) is 35.9 Å². The van der Waals surface area contributed by atoms with Crippen LogP contribution >= 0.6 is 0 Å². The summed E-state index contributed by atoms with van der Waals surface area (Å²) in [4.78, 5) is 21.7. The van der Waals surface area contributed by atoms with Gasteiger partial charge in [-0.15, -0.1) is 0 Å². The number of esters is 1. The standard InChI is InChI=1S/C12H17NO5/c1-3-4-9(8-13(15)16)7-11-10(5-6-18-11)12(14)17-2/h5-6,9H,3-4,7-8H2,1-2H3. The maximum absolute atomic E-state index is 11.4. The van der Waals surface area contributed by atoms with Crippen molar-refractivity contribution in [3.8, 4) is 0 Å². The lowest BCUT2D eigenvalue weighted by Crippen LogP contribution is -2.17. The predicted octanol–water partition coefficient (Wildman–Crippen LogP) is 2.30. The number of ether oxygens (including phenoxy) is 1. The Morgan fingerprint density at radius 1 is 1.61 bits per heavy atom. The highest BCUT2D eigenvalue weighted by Crippen LogP contribution is 2.19. The van der Waals surface area contributed by atoms with Gasteiger partial charge in [-0.2, -0.15) is 0 Å². The van der Waals surface area contributed by atoms with Gasteiger partial charge < -0.3 is 9.15 Å². The van der Waals surface area contributed by atoms with Gasteiger partial charge in [-0.05, 0) is 12.5 Å². The molecule has 0 aliphatic heterocycles. The van der Waals surface area contributed by atoms with Crippen molar-refractivity contribution in [3.63, 3.8) is 0 Å². The second-order valence-corrected chi connectivity index (χ2v) is 4.12. The van der Waals surface area contributed by atoms with E-state index in [0.29, 0.717) is 17.7 Å². The van der Waals surface area contributed by atoms with E-state index in [1.54, 1.807) is 0 Å². The van der Waals surface area contributed by atoms with E-state index in [-0.39, 0.29) is 17.4 Å². The van der Waals surface area contributed by atoms with E-state index in [0.717, 1.165) is 12.8 Å². The van der Waals surface area contributed by atoms with Gasteiger partial charge in [0.1, 0.15) is 11.3 Å². The third-order valence-corrected chi connectivity index (χ3v) is 2.73. The average Bonchev–Trinajstić information content (AvgIpc) is 2.75. The molecule has 6 heteroatoms. The summed E-state index contributed by atoms with van der Waals surface area (Å²) in [6.07, 6.45) is 3.36. The summed E-state index contributed by atoms with van der Waals surface area (Å²) in [5.41, 5.74) is 0.349. The smallest absolute Gasteiger partial charge is 0.341 e. The van der Waals surface area contributed by atoms with Crippen LogP contribution in [0.15, 0.2) is 16.7 Å². The third kappa shape index (κ3) is 3.87. The van der Waals surface area contributed by atoms with Gasteiger partial charge in [0.25, 0.3) is 0 Å². The molecule has 0 aliphatic rings. The zero-order valence-electron chi connectivity index (χ0n) is 10.5. The van der Waals surface area contributed by atoms with Crippen molar-refractivity contribution in [2.24, 2.45) is 5.92 Å². The Bertz CT molecular complexity index is 412. The molecule has 1 aromatic rings. The van der Waals surface area contributed by atoms with Gasteiger partial charge in [0, 0.05) is 17.3 Å². The molecule has 1 atom stereocenters. The normalized spacial score (nSPS) is 12.1. The first kappa shape index (κ1) is 14.2. The van der Waals surface area contributed by atoms with E-state index in [4.69, 9.17) is 4.42 Å². The maximum atomic E-state index is 11.4. The Kier molecular flexibility index (Phi) is 5.35. The van der Waals surface area contributed by atoms with E-state index in [1.807, 2.05) is 6.92 Å². The minimum absolute atomic E-state index is 0.116. The van der Waals surface area contributed by atoms with Crippen LogP contribution in [0.3, 0.4) is 0 Å². The molecule has 1 heterocycles. The highest BCUT2D eigenvalue weighted by atomic mass is 16.6. The fraction of sp³-hybridized carbons (Fsp3) is 0.583. The third-order valence-electron chi connectivity index (χ3n) is 2.73. The van der Waals surface area contributed by atoms with Crippen molar-refractivity contribution in [2.45, 2.75) is 26.2 Å². The molecule has 0 aliphatic carbocycles. The number of hydrogen-bond donors (Lipinski definition) is 0. The number of nitro groups is 1. The van der Waals surface area contributed by atoms with Crippen LogP contribution in [0.2, 0.25) is 0 Å². The average molecular weight is 255 g/mol. The molecule has 0 saturated carbocycles. The van der Waals surface area contributed by atoms with Gasteiger partial charge in [-0.3, -0.25) is 10.1 Å². The monoisotopic (exact) mass is 255 g/mol. The lowest BCUT2D eigenvalue weighted by molar-refractivity contribution is -0.488.